The quantitative estimate of drug-likeness (QED) is 0.0981. The SMILES string of the molecule is O=C1c2c(-c3ccccn3)nc(Nc3cccc(C(F)(F)F)c3)c(Nc3cccc(C(F)(F)F)c3)c2C(=O)c2c(Nc3cccc(C(F)(F)F)c3)c(Nc3cccc(C(F)(F)F)c3)nc(-c3ccccn3)c21. The van der Waals surface area contributed by atoms with E-state index in [1.807, 2.05) is 0 Å². The van der Waals surface area contributed by atoms with Gasteiger partial charge >= 0.3 is 24.7 Å². The van der Waals surface area contributed by atoms with Gasteiger partial charge < -0.3 is 21.3 Å². The third kappa shape index (κ3) is 9.69. The fourth-order valence-corrected chi connectivity index (χ4v) is 7.77. The summed E-state index contributed by atoms with van der Waals surface area (Å²) in [6.07, 6.45) is -17.1. The molecule has 22 heteroatoms. The first-order chi connectivity index (χ1) is 34.0. The van der Waals surface area contributed by atoms with E-state index >= 15 is 9.59 Å². The topological polar surface area (TPSA) is 134 Å². The Morgan fingerprint density at radius 1 is 0.347 bits per heavy atom. The molecule has 4 heterocycles. The molecule has 72 heavy (non-hydrogen) atoms. The molecule has 1 aliphatic rings. The van der Waals surface area contributed by atoms with Gasteiger partial charge in [-0.15, -0.1) is 0 Å². The molecule has 0 radical (unpaired) electrons. The summed E-state index contributed by atoms with van der Waals surface area (Å²) in [6, 6.07) is 22.9. The maximum Gasteiger partial charge on any atom is 0.416 e. The average molecular weight is 1000 g/mol. The fourth-order valence-electron chi connectivity index (χ4n) is 7.77. The van der Waals surface area contributed by atoms with Crippen molar-refractivity contribution in [1.29, 1.82) is 0 Å². The highest BCUT2D eigenvalue weighted by atomic mass is 19.4. The zero-order valence-corrected chi connectivity index (χ0v) is 36.0. The van der Waals surface area contributed by atoms with E-state index in [1.54, 1.807) is 0 Å². The Balaban J connectivity index is 1.39. The van der Waals surface area contributed by atoms with Gasteiger partial charge in [0, 0.05) is 35.1 Å². The number of rotatable bonds is 10. The van der Waals surface area contributed by atoms with Crippen molar-refractivity contribution < 1.29 is 62.3 Å². The lowest BCUT2D eigenvalue weighted by Crippen LogP contribution is -2.28. The maximum atomic E-state index is 16.0. The number of aromatic nitrogens is 4. The fraction of sp³-hybridized carbons (Fsp3) is 0.0800. The van der Waals surface area contributed by atoms with E-state index < -0.39 is 104 Å². The number of carbonyl (C=O) groups is 2. The molecule has 4 aromatic heterocycles. The Labute approximate surface area is 397 Å². The summed E-state index contributed by atoms with van der Waals surface area (Å²) in [5.41, 5.74) is -10.7. The number of benzene rings is 4. The normalized spacial score (nSPS) is 12.8. The van der Waals surface area contributed by atoms with Crippen molar-refractivity contribution in [2.45, 2.75) is 24.7 Å². The molecule has 0 bridgehead atoms. The summed E-state index contributed by atoms with van der Waals surface area (Å²) in [5.74, 6) is -3.40. The molecule has 8 aromatic rings. The second kappa shape index (κ2) is 18.2. The van der Waals surface area contributed by atoms with Crippen LogP contribution in [0.25, 0.3) is 22.8 Å². The molecular formula is C50H28F12N8O2. The van der Waals surface area contributed by atoms with Gasteiger partial charge in [0.05, 0.1) is 67.3 Å². The van der Waals surface area contributed by atoms with Crippen molar-refractivity contribution in [2.24, 2.45) is 0 Å². The minimum Gasteiger partial charge on any atom is -0.352 e. The number of pyridine rings is 4. The van der Waals surface area contributed by atoms with E-state index in [9.17, 15) is 52.7 Å². The Morgan fingerprint density at radius 3 is 0.944 bits per heavy atom. The van der Waals surface area contributed by atoms with Gasteiger partial charge in [0.2, 0.25) is 0 Å². The molecule has 0 spiro atoms. The standard InChI is InChI=1S/C50H28F12N8O2/c51-47(52,53)25-9-5-13-29(21-25)65-41-37-35(39(33-17-1-3-19-63-33)69-45(41)67-31-15-7-11-27(23-31)49(57,58)59)43(71)36-38(44(37)72)42(66-30-14-6-10-26(22-30)48(54,55)56)46(70-40(36)34-18-2-4-20-64-34)68-32-16-8-12-28(24-32)50(60,61)62/h1-24,65-66H,(H,67,69)(H,68,70). The molecule has 0 saturated carbocycles. The first-order valence-corrected chi connectivity index (χ1v) is 20.9. The summed E-state index contributed by atoms with van der Waals surface area (Å²) in [5, 5.41) is 10.8. The van der Waals surface area contributed by atoms with E-state index in [1.165, 1.54) is 60.9 Å². The number of alkyl halides is 12. The van der Waals surface area contributed by atoms with E-state index in [0.29, 0.717) is 24.3 Å². The van der Waals surface area contributed by atoms with Crippen LogP contribution in [0.1, 0.15) is 54.1 Å². The molecule has 10 nitrogen and oxygen atoms in total. The van der Waals surface area contributed by atoms with Gasteiger partial charge in [-0.3, -0.25) is 19.6 Å². The minimum atomic E-state index is -4.93. The van der Waals surface area contributed by atoms with Crippen LogP contribution in [-0.2, 0) is 24.7 Å². The van der Waals surface area contributed by atoms with Crippen molar-refractivity contribution in [3.63, 3.8) is 0 Å². The van der Waals surface area contributed by atoms with Gasteiger partial charge in [-0.1, -0.05) is 36.4 Å². The van der Waals surface area contributed by atoms with Crippen LogP contribution in [-0.4, -0.2) is 31.5 Å². The third-order valence-corrected chi connectivity index (χ3v) is 10.9. The number of nitrogens with zero attached hydrogens (tertiary/aromatic N) is 4. The van der Waals surface area contributed by atoms with Crippen LogP contribution in [0, 0.1) is 0 Å². The highest BCUT2D eigenvalue weighted by Crippen LogP contribution is 2.49. The van der Waals surface area contributed by atoms with Gasteiger partial charge in [0.1, 0.15) is 11.4 Å². The molecule has 0 unspecified atom stereocenters. The molecule has 0 saturated heterocycles. The average Bonchev–Trinajstić information content (AvgIpc) is 3.33. The molecule has 0 amide bonds. The van der Waals surface area contributed by atoms with Gasteiger partial charge in [-0.2, -0.15) is 52.7 Å². The zero-order chi connectivity index (χ0) is 51.3. The Bertz CT molecular complexity index is 3200. The van der Waals surface area contributed by atoms with Crippen LogP contribution >= 0.6 is 0 Å². The molecule has 0 atom stereocenters. The lowest BCUT2D eigenvalue weighted by atomic mass is 9.79. The second-order valence-corrected chi connectivity index (χ2v) is 15.8. The third-order valence-electron chi connectivity index (χ3n) is 10.9. The number of ketones is 2. The monoisotopic (exact) mass is 1000 g/mol. The van der Waals surface area contributed by atoms with Crippen LogP contribution in [0.15, 0.2) is 146 Å². The number of anilines is 8. The molecule has 9 rings (SSSR count). The number of nitrogens with one attached hydrogen (secondary N) is 4. The van der Waals surface area contributed by atoms with Crippen LogP contribution in [0.5, 0.6) is 0 Å². The van der Waals surface area contributed by atoms with E-state index in [0.717, 1.165) is 60.7 Å². The molecule has 4 N–H and O–H groups in total. The number of halogens is 12. The van der Waals surface area contributed by atoms with Gasteiger partial charge in [-0.05, 0) is 97.1 Å². The first kappa shape index (κ1) is 48.2. The summed E-state index contributed by atoms with van der Waals surface area (Å²) in [4.78, 5) is 49.6. The summed E-state index contributed by atoms with van der Waals surface area (Å²) in [7, 11) is 0. The van der Waals surface area contributed by atoms with Crippen LogP contribution < -0.4 is 21.3 Å². The highest BCUT2D eigenvalue weighted by Gasteiger charge is 2.43. The minimum absolute atomic E-state index is 0.103. The summed E-state index contributed by atoms with van der Waals surface area (Å²) in [6.45, 7) is 0. The van der Waals surface area contributed by atoms with Crippen molar-refractivity contribution in [2.75, 3.05) is 21.3 Å². The summed E-state index contributed by atoms with van der Waals surface area (Å²) >= 11 is 0. The Morgan fingerprint density at radius 2 is 0.653 bits per heavy atom. The highest BCUT2D eigenvalue weighted by molar-refractivity contribution is 6.36. The predicted molar refractivity (Wildman–Crippen MR) is 241 cm³/mol. The van der Waals surface area contributed by atoms with Gasteiger partial charge in [-0.25, -0.2) is 9.97 Å². The van der Waals surface area contributed by atoms with Crippen molar-refractivity contribution in [3.05, 3.63) is 190 Å². The van der Waals surface area contributed by atoms with Crippen LogP contribution in [0.3, 0.4) is 0 Å². The first-order valence-electron chi connectivity index (χ1n) is 20.9. The predicted octanol–water partition coefficient (Wildman–Crippen LogP) is 14.4. The van der Waals surface area contributed by atoms with Crippen LogP contribution in [0.4, 0.5) is 98.4 Å². The number of fused-ring (bicyclic) bond motifs is 2. The molecule has 0 fully saturated rings. The smallest absolute Gasteiger partial charge is 0.352 e. The van der Waals surface area contributed by atoms with Gasteiger partial charge in [0.15, 0.2) is 23.2 Å². The Kier molecular flexibility index (Phi) is 12.2. The maximum absolute atomic E-state index is 16.0. The van der Waals surface area contributed by atoms with E-state index in [-0.39, 0.29) is 45.5 Å². The van der Waals surface area contributed by atoms with Crippen molar-refractivity contribution in [3.8, 4) is 22.8 Å². The molecule has 1 aliphatic carbocycles. The lowest BCUT2D eigenvalue weighted by molar-refractivity contribution is -0.138. The lowest BCUT2D eigenvalue weighted by Gasteiger charge is -2.29. The number of carbonyl (C=O) groups excluding carboxylic acids is 2. The van der Waals surface area contributed by atoms with Crippen molar-refractivity contribution in [1.82, 2.24) is 19.9 Å². The molecule has 364 valence electrons. The number of hydrogen-bond acceptors (Lipinski definition) is 10. The molecule has 0 aliphatic heterocycles. The van der Waals surface area contributed by atoms with Crippen molar-refractivity contribution >= 4 is 57.3 Å². The largest absolute Gasteiger partial charge is 0.416 e. The summed E-state index contributed by atoms with van der Waals surface area (Å²) < 4.78 is 169. The molecular weight excluding hydrogens is 973 g/mol. The second-order valence-electron chi connectivity index (χ2n) is 15.8. The van der Waals surface area contributed by atoms with E-state index in [2.05, 4.69) is 41.2 Å². The van der Waals surface area contributed by atoms with E-state index in [4.69, 9.17) is 0 Å². The van der Waals surface area contributed by atoms with Crippen LogP contribution in [0.2, 0.25) is 0 Å². The number of hydrogen-bond donors (Lipinski definition) is 4. The molecule has 4 aromatic carbocycles. The van der Waals surface area contributed by atoms with Gasteiger partial charge in [0.25, 0.3) is 0 Å². The Hall–Kier alpha value is -8.82. The zero-order valence-electron chi connectivity index (χ0n) is 36.0.